The second-order valence-corrected chi connectivity index (χ2v) is 7.99. The van der Waals surface area contributed by atoms with Gasteiger partial charge in [-0.3, -0.25) is 15.0 Å². The molecule has 8 heteroatoms. The summed E-state index contributed by atoms with van der Waals surface area (Å²) in [7, 11) is 7.69. The lowest BCUT2D eigenvalue weighted by Gasteiger charge is -1.82. The van der Waals surface area contributed by atoms with Gasteiger partial charge in [-0.2, -0.15) is 0 Å². The van der Waals surface area contributed by atoms with E-state index in [1.54, 1.807) is 0 Å². The average molecular weight is 455 g/mol. The Bertz CT molecular complexity index is 468. The molecule has 108 valence electrons. The summed E-state index contributed by atoms with van der Waals surface area (Å²) in [4.78, 5) is 11.9. The van der Waals surface area contributed by atoms with E-state index in [-0.39, 0.29) is 0 Å². The molecule has 0 bridgehead atoms. The van der Waals surface area contributed by atoms with Gasteiger partial charge in [0.05, 0.1) is 0 Å². The minimum Gasteiger partial charge on any atom is -0.261 e. The van der Waals surface area contributed by atoms with Crippen LogP contribution in [-0.2, 0) is 0 Å². The number of hydrogen-bond acceptors (Lipinski definition) is 3. The molecule has 0 spiro atoms. The van der Waals surface area contributed by atoms with Gasteiger partial charge in [-0.15, -0.1) is 0 Å². The number of aliphatic imine (C=N–C) groups is 3. The highest BCUT2D eigenvalue weighted by molar-refractivity contribution is 9.12. The van der Waals surface area contributed by atoms with Crippen LogP contribution >= 0.6 is 59.6 Å². The molecular weight excluding hydrogens is 439 g/mol. The lowest BCUT2D eigenvalue weighted by molar-refractivity contribution is 1.56. The van der Waals surface area contributed by atoms with Gasteiger partial charge in [0.1, 0.15) is 0 Å². The number of halogens is 2. The van der Waals surface area contributed by atoms with Crippen molar-refractivity contribution in [1.29, 1.82) is 0 Å². The Kier molecular flexibility index (Phi) is 9.49. The first-order valence-corrected chi connectivity index (χ1v) is 9.09. The van der Waals surface area contributed by atoms with E-state index in [1.807, 2.05) is 24.7 Å². The fourth-order valence-corrected chi connectivity index (χ4v) is 3.40. The van der Waals surface area contributed by atoms with Crippen LogP contribution in [0.2, 0.25) is 0 Å². The van der Waals surface area contributed by atoms with Crippen LogP contribution in [0.4, 0.5) is 0 Å². The van der Waals surface area contributed by atoms with Crippen molar-refractivity contribution in [3.8, 4) is 0 Å². The van der Waals surface area contributed by atoms with Crippen LogP contribution in [0.25, 0.3) is 0 Å². The highest BCUT2D eigenvalue weighted by Crippen LogP contribution is 2.20. The summed E-state index contributed by atoms with van der Waals surface area (Å²) in [6.45, 7) is 0. The van der Waals surface area contributed by atoms with E-state index in [0.29, 0.717) is 0 Å². The standard InChI is InChI=1S/2C4H5BrNP.C4H6NP/c2*5-3-1-4(7)6-2-3;6-4-2-1-3-5-4/h2*2H,1,7H2;1,3H,2,6H2. The Hall–Kier alpha value is 0.480. The topological polar surface area (TPSA) is 37.1 Å². The quantitative estimate of drug-likeness (QED) is 0.463. The Morgan fingerprint density at radius 3 is 1.40 bits per heavy atom. The highest BCUT2D eigenvalue weighted by atomic mass is 79.9. The third-order valence-corrected chi connectivity index (χ3v) is 4.18. The summed E-state index contributed by atoms with van der Waals surface area (Å²) in [6, 6.07) is 0. The number of rotatable bonds is 0. The van der Waals surface area contributed by atoms with Crippen molar-refractivity contribution >= 4 is 75.9 Å². The number of allylic oxidation sites excluding steroid dienone is 3. The van der Waals surface area contributed by atoms with Gasteiger partial charge in [0.25, 0.3) is 0 Å². The molecule has 0 aromatic rings. The minimum absolute atomic E-state index is 0.963. The predicted molar refractivity (Wildman–Crippen MR) is 108 cm³/mol. The van der Waals surface area contributed by atoms with E-state index in [2.05, 4.69) is 74.6 Å². The van der Waals surface area contributed by atoms with E-state index in [4.69, 9.17) is 0 Å². The SMILES string of the molecule is PC1=NC=C(Br)C1.PC1=NC=C(Br)C1.PC1=NC=CC1. The fraction of sp³-hybridized carbons (Fsp3) is 0.250. The average Bonchev–Trinajstić information content (AvgIpc) is 3.07. The van der Waals surface area contributed by atoms with Crippen molar-refractivity contribution in [2.75, 3.05) is 0 Å². The van der Waals surface area contributed by atoms with E-state index >= 15 is 0 Å². The largest absolute Gasteiger partial charge is 0.261 e. The maximum atomic E-state index is 3.99. The molecule has 0 radical (unpaired) electrons. The molecule has 3 unspecified atom stereocenters. The van der Waals surface area contributed by atoms with Crippen molar-refractivity contribution in [3.63, 3.8) is 0 Å². The zero-order chi connectivity index (χ0) is 15.0. The van der Waals surface area contributed by atoms with E-state index < -0.39 is 0 Å². The lowest BCUT2D eigenvalue weighted by Crippen LogP contribution is -1.74. The maximum absolute atomic E-state index is 3.99. The highest BCUT2D eigenvalue weighted by Gasteiger charge is 2.00. The molecule has 0 N–H and O–H groups in total. The predicted octanol–water partition coefficient (Wildman–Crippen LogP) is 4.98. The Morgan fingerprint density at radius 1 is 0.800 bits per heavy atom. The van der Waals surface area contributed by atoms with Gasteiger partial charge in [0.15, 0.2) is 0 Å². The normalized spacial score (nSPS) is 18.9. The second kappa shape index (κ2) is 10.2. The molecule has 3 aliphatic heterocycles. The zero-order valence-electron chi connectivity index (χ0n) is 10.8. The number of hydrogen-bond donors (Lipinski definition) is 0. The van der Waals surface area contributed by atoms with Crippen LogP contribution < -0.4 is 0 Å². The molecular formula is C12H16Br2N3P3. The Morgan fingerprint density at radius 2 is 1.30 bits per heavy atom. The summed E-state index contributed by atoms with van der Waals surface area (Å²) in [5.74, 6) is 0. The number of nitrogens with zero attached hydrogens (tertiary/aromatic N) is 3. The van der Waals surface area contributed by atoms with Crippen LogP contribution in [0.5, 0.6) is 0 Å². The van der Waals surface area contributed by atoms with Crippen LogP contribution in [-0.4, -0.2) is 16.4 Å². The van der Waals surface area contributed by atoms with Crippen molar-refractivity contribution in [2.45, 2.75) is 19.3 Å². The van der Waals surface area contributed by atoms with Gasteiger partial charge in [-0.05, 0) is 0 Å². The smallest absolute Gasteiger partial charge is 0.0396 e. The van der Waals surface area contributed by atoms with Crippen LogP contribution in [0, 0.1) is 0 Å². The summed E-state index contributed by atoms with van der Waals surface area (Å²) >= 11 is 6.62. The lowest BCUT2D eigenvalue weighted by atomic mass is 10.5. The molecule has 0 saturated heterocycles. The zero-order valence-corrected chi connectivity index (χ0v) is 17.4. The minimum atomic E-state index is 0.963. The first-order chi connectivity index (χ1) is 9.47. The molecule has 0 aromatic heterocycles. The third kappa shape index (κ3) is 8.70. The molecule has 0 amide bonds. The van der Waals surface area contributed by atoms with Gasteiger partial charge < -0.3 is 0 Å². The van der Waals surface area contributed by atoms with Crippen LogP contribution in [0.3, 0.4) is 0 Å². The monoisotopic (exact) mass is 453 g/mol. The Balaban J connectivity index is 0.000000151. The first-order valence-electron chi connectivity index (χ1n) is 5.78. The molecule has 3 nitrogen and oxygen atoms in total. The van der Waals surface area contributed by atoms with Crippen LogP contribution in [0.15, 0.2) is 48.6 Å². The van der Waals surface area contributed by atoms with Gasteiger partial charge in [-0.25, -0.2) is 0 Å². The summed E-state index contributed by atoms with van der Waals surface area (Å²) in [6.07, 6.45) is 10.4. The van der Waals surface area contributed by atoms with E-state index in [9.17, 15) is 0 Å². The van der Waals surface area contributed by atoms with Crippen molar-refractivity contribution in [2.24, 2.45) is 15.0 Å². The molecule has 3 aliphatic rings. The van der Waals surface area contributed by atoms with E-state index in [1.165, 1.54) is 0 Å². The van der Waals surface area contributed by atoms with Crippen LogP contribution in [0.1, 0.15) is 19.3 Å². The van der Waals surface area contributed by atoms with Gasteiger partial charge in [-0.1, -0.05) is 65.7 Å². The third-order valence-electron chi connectivity index (χ3n) is 2.11. The molecule has 20 heavy (non-hydrogen) atoms. The van der Waals surface area contributed by atoms with Crippen molar-refractivity contribution in [1.82, 2.24) is 0 Å². The molecule has 0 aromatic carbocycles. The summed E-state index contributed by atoms with van der Waals surface area (Å²) in [5.41, 5.74) is 3.34. The fourth-order valence-electron chi connectivity index (χ4n) is 1.21. The molecule has 0 fully saturated rings. The summed E-state index contributed by atoms with van der Waals surface area (Å²) in [5, 5.41) is 0. The summed E-state index contributed by atoms with van der Waals surface area (Å²) < 4.78 is 2.33. The van der Waals surface area contributed by atoms with Gasteiger partial charge >= 0.3 is 0 Å². The molecule has 3 atom stereocenters. The van der Waals surface area contributed by atoms with Crippen molar-refractivity contribution in [3.05, 3.63) is 33.6 Å². The maximum Gasteiger partial charge on any atom is 0.0396 e. The van der Waals surface area contributed by atoms with Crippen molar-refractivity contribution < 1.29 is 0 Å². The Labute approximate surface area is 143 Å². The second-order valence-electron chi connectivity index (χ2n) is 3.96. The van der Waals surface area contributed by atoms with Gasteiger partial charge in [0.2, 0.25) is 0 Å². The van der Waals surface area contributed by atoms with E-state index in [0.717, 1.165) is 44.6 Å². The first kappa shape index (κ1) is 18.5. The molecule has 0 aliphatic carbocycles. The molecule has 0 saturated carbocycles. The molecule has 3 heterocycles. The molecule has 3 rings (SSSR count). The van der Waals surface area contributed by atoms with Gasteiger partial charge in [0, 0.05) is 63.2 Å².